The highest BCUT2D eigenvalue weighted by molar-refractivity contribution is 7.47. The van der Waals surface area contributed by atoms with E-state index in [2.05, 4.69) is 106 Å². The third kappa shape index (κ3) is 55.4. The number of aliphatic hydroxyl groups excluding tert-OH is 1. The molecule has 0 saturated carbocycles. The zero-order valence-electron chi connectivity index (χ0n) is 48.5. The van der Waals surface area contributed by atoms with E-state index in [1.54, 1.807) is 0 Å². The number of unbranched alkanes of at least 4 members (excludes halogenated alkanes) is 25. The largest absolute Gasteiger partial charge is 0.472 e. The maximum atomic E-state index is 12.9. The van der Waals surface area contributed by atoms with Crippen molar-refractivity contribution >= 4 is 25.7 Å². The maximum Gasteiger partial charge on any atom is 0.472 e. The predicted octanol–water partition coefficient (Wildman–Crippen LogP) is 18.3. The highest BCUT2D eigenvalue weighted by atomic mass is 31.2. The van der Waals surface area contributed by atoms with Gasteiger partial charge in [0.25, 0.3) is 0 Å². The molecule has 0 amide bonds. The molecule has 2 N–H and O–H groups in total. The van der Waals surface area contributed by atoms with Crippen LogP contribution in [0.1, 0.15) is 265 Å². The molecule has 0 aliphatic carbocycles. The van der Waals surface area contributed by atoms with Crippen molar-refractivity contribution in [1.29, 1.82) is 0 Å². The van der Waals surface area contributed by atoms with Crippen LogP contribution in [0, 0.1) is 0 Å². The Morgan fingerprint density at radius 1 is 0.382 bits per heavy atom. The van der Waals surface area contributed by atoms with E-state index in [-0.39, 0.29) is 25.9 Å². The standard InChI is InChI=1S/C64H111O11P/c1-4-7-10-13-16-19-22-25-27-29-30-32-33-36-38-41-44-47-50-53-62(66)71-57-61(75-64(68)55-52-49-46-43-40-37-34-31-28-26-23-20-17-14-11-8-5-2)59-73-76(69,70)72-58-60(56-65)74-63(67)54-51-48-45-42-39-35-24-21-18-15-12-9-6-3/h9,12,16,18-19,21,25-28,30,32,35,39,60-61,65H,4-8,10-11,13-15,17,20,22-24,29,31,33-34,36-38,40-59H2,1-3H3,(H,69,70)/b12-9-,19-16-,21-18-,27-25-,28-26-,32-30-,39-35-. The van der Waals surface area contributed by atoms with E-state index in [9.17, 15) is 28.9 Å². The van der Waals surface area contributed by atoms with Crippen molar-refractivity contribution in [2.75, 3.05) is 26.4 Å². The van der Waals surface area contributed by atoms with Gasteiger partial charge in [-0.2, -0.15) is 0 Å². The molecule has 0 fully saturated rings. The highest BCUT2D eigenvalue weighted by Crippen LogP contribution is 2.43. The second-order valence-electron chi connectivity index (χ2n) is 20.1. The quantitative estimate of drug-likeness (QED) is 0.0197. The first kappa shape index (κ1) is 72.7. The first-order valence-corrected chi connectivity index (χ1v) is 32.0. The first-order chi connectivity index (χ1) is 37.2. The number of carbonyl (C=O) groups excluding carboxylic acids is 3. The van der Waals surface area contributed by atoms with Crippen LogP contribution in [0.4, 0.5) is 0 Å². The summed E-state index contributed by atoms with van der Waals surface area (Å²) in [6.07, 6.45) is 66.8. The zero-order chi connectivity index (χ0) is 55.5. The fourth-order valence-corrected chi connectivity index (χ4v) is 8.92. The summed E-state index contributed by atoms with van der Waals surface area (Å²) in [5.74, 6) is -1.51. The Bertz CT molecular complexity index is 1600. The van der Waals surface area contributed by atoms with E-state index < -0.39 is 57.8 Å². The Morgan fingerprint density at radius 3 is 1.11 bits per heavy atom. The molecule has 438 valence electrons. The van der Waals surface area contributed by atoms with Gasteiger partial charge in [0.2, 0.25) is 0 Å². The molecule has 0 aliphatic rings. The molecule has 76 heavy (non-hydrogen) atoms. The van der Waals surface area contributed by atoms with Crippen LogP contribution in [0.5, 0.6) is 0 Å². The SMILES string of the molecule is CC/C=C\C/C=C\C/C=C\CCCCCC(=O)OC(CO)COP(=O)(O)OCC(COC(=O)CCCCCCCC/C=C\C/C=C\C/C=C\CCCCC)OC(=O)CCCCCCCCC/C=C\CCCCCCCC. The Balaban J connectivity index is 4.77. The summed E-state index contributed by atoms with van der Waals surface area (Å²) in [6, 6.07) is 0. The lowest BCUT2D eigenvalue weighted by atomic mass is 10.1. The Morgan fingerprint density at radius 2 is 0.684 bits per heavy atom. The number of aliphatic hydroxyl groups is 1. The van der Waals surface area contributed by atoms with E-state index in [4.69, 9.17) is 23.3 Å². The molecule has 0 bridgehead atoms. The van der Waals surface area contributed by atoms with E-state index in [0.29, 0.717) is 19.3 Å². The molecule has 0 rings (SSSR count). The number of rotatable bonds is 56. The van der Waals surface area contributed by atoms with Crippen molar-refractivity contribution in [2.45, 2.75) is 277 Å². The number of allylic oxidation sites excluding steroid dienone is 14. The van der Waals surface area contributed by atoms with Crippen molar-refractivity contribution in [3.05, 3.63) is 85.1 Å². The molecule has 11 nitrogen and oxygen atoms in total. The molecule has 0 radical (unpaired) electrons. The average Bonchev–Trinajstić information content (AvgIpc) is 3.41. The van der Waals surface area contributed by atoms with Gasteiger partial charge in [0.05, 0.1) is 19.8 Å². The van der Waals surface area contributed by atoms with Gasteiger partial charge in [0.15, 0.2) is 6.10 Å². The van der Waals surface area contributed by atoms with Gasteiger partial charge in [-0.3, -0.25) is 23.4 Å². The van der Waals surface area contributed by atoms with Crippen LogP contribution in [-0.4, -0.2) is 66.5 Å². The molecule has 0 spiro atoms. The van der Waals surface area contributed by atoms with Gasteiger partial charge < -0.3 is 24.2 Å². The molecule has 3 unspecified atom stereocenters. The fraction of sp³-hybridized carbons (Fsp3) is 0.734. The topological polar surface area (TPSA) is 155 Å². The minimum Gasteiger partial charge on any atom is -0.462 e. The average molecular weight is 1090 g/mol. The number of hydrogen-bond donors (Lipinski definition) is 2. The van der Waals surface area contributed by atoms with Crippen LogP contribution >= 0.6 is 7.82 Å². The fourth-order valence-electron chi connectivity index (χ4n) is 8.14. The van der Waals surface area contributed by atoms with Crippen LogP contribution < -0.4 is 0 Å². The number of phosphoric ester groups is 1. The number of hydrogen-bond acceptors (Lipinski definition) is 10. The predicted molar refractivity (Wildman–Crippen MR) is 316 cm³/mol. The van der Waals surface area contributed by atoms with Gasteiger partial charge >= 0.3 is 25.7 Å². The molecular formula is C64H111O11P. The van der Waals surface area contributed by atoms with Gasteiger partial charge in [0, 0.05) is 19.3 Å². The molecule has 12 heteroatoms. The minimum atomic E-state index is -4.76. The van der Waals surface area contributed by atoms with Crippen LogP contribution in [0.25, 0.3) is 0 Å². The second kappa shape index (κ2) is 57.8. The molecule has 0 aromatic carbocycles. The number of ether oxygens (including phenoxy) is 3. The first-order valence-electron chi connectivity index (χ1n) is 30.5. The maximum absolute atomic E-state index is 12.9. The summed E-state index contributed by atoms with van der Waals surface area (Å²) in [7, 11) is -4.76. The van der Waals surface area contributed by atoms with Crippen LogP contribution in [-0.2, 0) is 42.2 Å². The van der Waals surface area contributed by atoms with Gasteiger partial charge in [-0.25, -0.2) is 4.57 Å². The second-order valence-corrected chi connectivity index (χ2v) is 21.6. The molecular weight excluding hydrogens is 976 g/mol. The van der Waals surface area contributed by atoms with Gasteiger partial charge in [-0.05, 0) is 116 Å². The summed E-state index contributed by atoms with van der Waals surface area (Å²) in [5.41, 5.74) is 0. The van der Waals surface area contributed by atoms with Crippen molar-refractivity contribution in [1.82, 2.24) is 0 Å². The van der Waals surface area contributed by atoms with Crippen LogP contribution in [0.3, 0.4) is 0 Å². The van der Waals surface area contributed by atoms with Crippen molar-refractivity contribution in [2.24, 2.45) is 0 Å². The third-order valence-corrected chi connectivity index (χ3v) is 13.7. The van der Waals surface area contributed by atoms with Gasteiger partial charge in [0.1, 0.15) is 12.7 Å². The summed E-state index contributed by atoms with van der Waals surface area (Å²) in [6.45, 7) is 4.46. The zero-order valence-corrected chi connectivity index (χ0v) is 49.3. The molecule has 0 aliphatic heterocycles. The molecule has 0 saturated heterocycles. The molecule has 0 aromatic heterocycles. The van der Waals surface area contributed by atoms with Crippen LogP contribution in [0.2, 0.25) is 0 Å². The number of phosphoric acid groups is 1. The molecule has 0 aromatic rings. The summed E-state index contributed by atoms with van der Waals surface area (Å²) >= 11 is 0. The van der Waals surface area contributed by atoms with Crippen molar-refractivity contribution in [3.8, 4) is 0 Å². The van der Waals surface area contributed by atoms with E-state index >= 15 is 0 Å². The summed E-state index contributed by atoms with van der Waals surface area (Å²) in [5, 5.41) is 9.81. The lowest BCUT2D eigenvalue weighted by Crippen LogP contribution is -2.30. The van der Waals surface area contributed by atoms with Crippen LogP contribution in [0.15, 0.2) is 85.1 Å². The lowest BCUT2D eigenvalue weighted by Gasteiger charge is -2.21. The van der Waals surface area contributed by atoms with Crippen molar-refractivity contribution < 1.29 is 52.2 Å². The minimum absolute atomic E-state index is 0.138. The summed E-state index contributed by atoms with van der Waals surface area (Å²) in [4.78, 5) is 48.6. The monoisotopic (exact) mass is 1090 g/mol. The molecule has 0 heterocycles. The Kier molecular flexibility index (Phi) is 55.3. The summed E-state index contributed by atoms with van der Waals surface area (Å²) < 4.78 is 39.6. The lowest BCUT2D eigenvalue weighted by molar-refractivity contribution is -0.161. The smallest absolute Gasteiger partial charge is 0.462 e. The number of carbonyl (C=O) groups is 3. The third-order valence-electron chi connectivity index (χ3n) is 12.8. The van der Waals surface area contributed by atoms with Crippen molar-refractivity contribution in [3.63, 3.8) is 0 Å². The van der Waals surface area contributed by atoms with E-state index in [0.717, 1.165) is 122 Å². The van der Waals surface area contributed by atoms with Gasteiger partial charge in [-0.1, -0.05) is 215 Å². The molecule has 3 atom stereocenters. The Labute approximate surface area is 464 Å². The van der Waals surface area contributed by atoms with E-state index in [1.165, 1.54) is 83.5 Å². The Hall–Kier alpha value is -3.34. The number of esters is 3. The van der Waals surface area contributed by atoms with Gasteiger partial charge in [-0.15, -0.1) is 0 Å². The van der Waals surface area contributed by atoms with E-state index in [1.807, 2.05) is 0 Å². The highest BCUT2D eigenvalue weighted by Gasteiger charge is 2.28. The normalized spacial score (nSPS) is 13.9.